The number of carbonyl (C=O) groups excluding carboxylic acids is 1. The Hall–Kier alpha value is -1.12. The van der Waals surface area contributed by atoms with Gasteiger partial charge in [0.25, 0.3) is 0 Å². The molecule has 1 saturated heterocycles. The molecule has 1 aliphatic rings. The second-order valence-corrected chi connectivity index (χ2v) is 3.95. The van der Waals surface area contributed by atoms with Crippen LogP contribution in [0.2, 0.25) is 0 Å². The summed E-state index contributed by atoms with van der Waals surface area (Å²) in [6.07, 6.45) is 0.922. The summed E-state index contributed by atoms with van der Waals surface area (Å²) in [5.74, 6) is 0.122. The van der Waals surface area contributed by atoms with Gasteiger partial charge >= 0.3 is 0 Å². The fraction of sp³-hybridized carbons (Fsp3) is 0.800. The quantitative estimate of drug-likeness (QED) is 0.618. The Bertz CT molecular complexity index is 262. The van der Waals surface area contributed by atoms with Crippen LogP contribution in [0.25, 0.3) is 0 Å². The molecule has 5 heteroatoms. The Balaban J connectivity index is 2.26. The zero-order chi connectivity index (χ0) is 11.3. The number of likely N-dealkylation sites (N-methyl/N-ethyl adjacent to an activating group) is 1. The summed E-state index contributed by atoms with van der Waals surface area (Å²) < 4.78 is 0. The van der Waals surface area contributed by atoms with Gasteiger partial charge in [-0.2, -0.15) is 5.26 Å². The number of aliphatic hydroxyl groups is 1. The molecule has 15 heavy (non-hydrogen) atoms. The first-order valence-electron chi connectivity index (χ1n) is 5.15. The van der Waals surface area contributed by atoms with Gasteiger partial charge in [0.05, 0.1) is 18.7 Å². The van der Waals surface area contributed by atoms with Crippen molar-refractivity contribution in [3.8, 4) is 6.07 Å². The molecule has 0 bridgehead atoms. The lowest BCUT2D eigenvalue weighted by Crippen LogP contribution is -2.39. The van der Waals surface area contributed by atoms with Gasteiger partial charge in [-0.1, -0.05) is 0 Å². The van der Waals surface area contributed by atoms with Gasteiger partial charge in [0.1, 0.15) is 0 Å². The van der Waals surface area contributed by atoms with E-state index in [9.17, 15) is 9.90 Å². The molecule has 0 aromatic heterocycles. The van der Waals surface area contributed by atoms with Crippen molar-refractivity contribution in [1.29, 1.82) is 5.26 Å². The van der Waals surface area contributed by atoms with Crippen LogP contribution in [0.4, 0.5) is 0 Å². The minimum absolute atomic E-state index is 0.122. The molecule has 1 atom stereocenters. The van der Waals surface area contributed by atoms with Crippen LogP contribution in [0.5, 0.6) is 0 Å². The van der Waals surface area contributed by atoms with E-state index in [2.05, 4.69) is 0 Å². The summed E-state index contributed by atoms with van der Waals surface area (Å²) in [6, 6.07) is 2.01. The highest BCUT2D eigenvalue weighted by molar-refractivity contribution is 5.78. The van der Waals surface area contributed by atoms with Gasteiger partial charge in [-0.15, -0.1) is 0 Å². The lowest BCUT2D eigenvalue weighted by Gasteiger charge is -2.22. The molecular formula is C10H17N3O2. The van der Waals surface area contributed by atoms with E-state index in [-0.39, 0.29) is 5.91 Å². The highest BCUT2D eigenvalue weighted by atomic mass is 16.3. The van der Waals surface area contributed by atoms with Crippen molar-refractivity contribution in [1.82, 2.24) is 9.80 Å². The van der Waals surface area contributed by atoms with Crippen molar-refractivity contribution in [2.75, 3.05) is 33.2 Å². The molecule has 1 N–H and O–H groups in total. The van der Waals surface area contributed by atoms with Crippen LogP contribution in [-0.2, 0) is 4.79 Å². The molecule has 0 saturated carbocycles. The van der Waals surface area contributed by atoms with Crippen LogP contribution < -0.4 is 0 Å². The van der Waals surface area contributed by atoms with E-state index < -0.39 is 6.10 Å². The Morgan fingerprint density at radius 1 is 1.73 bits per heavy atom. The van der Waals surface area contributed by atoms with Gasteiger partial charge in [0.2, 0.25) is 5.91 Å². The molecule has 0 aliphatic carbocycles. The third-order valence-electron chi connectivity index (χ3n) is 2.47. The Labute approximate surface area is 89.9 Å². The van der Waals surface area contributed by atoms with Crippen molar-refractivity contribution in [3.05, 3.63) is 0 Å². The van der Waals surface area contributed by atoms with Gasteiger partial charge in [-0.05, 0) is 13.5 Å². The largest absolute Gasteiger partial charge is 0.390 e. The summed E-state index contributed by atoms with van der Waals surface area (Å²) in [5, 5.41) is 18.1. The normalized spacial score (nSPS) is 18.3. The molecule has 1 aliphatic heterocycles. The summed E-state index contributed by atoms with van der Waals surface area (Å²) >= 11 is 0. The second kappa shape index (κ2) is 5.69. The van der Waals surface area contributed by atoms with E-state index in [0.717, 1.165) is 13.0 Å². The number of hydrogen-bond donors (Lipinski definition) is 1. The van der Waals surface area contributed by atoms with E-state index in [1.54, 1.807) is 16.8 Å². The predicted octanol–water partition coefficient (Wildman–Crippen LogP) is -0.575. The third kappa shape index (κ3) is 3.86. The number of likely N-dealkylation sites (tertiary alicyclic amines) is 1. The highest BCUT2D eigenvalue weighted by Crippen LogP contribution is 2.09. The lowest BCUT2D eigenvalue weighted by molar-refractivity contribution is -0.129. The standard InChI is InChI=1S/C10H17N3O2/c1-12(6-4-11)7-9(14)8-13-5-2-3-10(13)15/h9,14H,2-3,5-8H2,1H3. The van der Waals surface area contributed by atoms with Crippen LogP contribution in [0.15, 0.2) is 0 Å². The van der Waals surface area contributed by atoms with Crippen LogP contribution in [0.1, 0.15) is 12.8 Å². The minimum Gasteiger partial charge on any atom is -0.390 e. The Kier molecular flexibility index (Phi) is 4.53. The van der Waals surface area contributed by atoms with Gasteiger partial charge in [-0.25, -0.2) is 0 Å². The maximum atomic E-state index is 11.3. The Morgan fingerprint density at radius 3 is 3.00 bits per heavy atom. The SMILES string of the molecule is CN(CC#N)CC(O)CN1CCCC1=O. The fourth-order valence-electron chi connectivity index (χ4n) is 1.75. The number of amides is 1. The number of rotatable bonds is 5. The van der Waals surface area contributed by atoms with Crippen molar-refractivity contribution < 1.29 is 9.90 Å². The van der Waals surface area contributed by atoms with Crippen LogP contribution in [0.3, 0.4) is 0 Å². The average molecular weight is 211 g/mol. The summed E-state index contributed by atoms with van der Waals surface area (Å²) in [6.45, 7) is 1.86. The molecule has 1 fully saturated rings. The molecule has 0 spiro atoms. The first kappa shape index (κ1) is 12.0. The monoisotopic (exact) mass is 211 g/mol. The molecule has 0 aromatic carbocycles. The molecule has 0 radical (unpaired) electrons. The predicted molar refractivity (Wildman–Crippen MR) is 54.9 cm³/mol. The average Bonchev–Trinajstić information content (AvgIpc) is 2.52. The van der Waals surface area contributed by atoms with Gasteiger partial charge < -0.3 is 10.0 Å². The lowest BCUT2D eigenvalue weighted by atomic mass is 10.3. The van der Waals surface area contributed by atoms with Crippen molar-refractivity contribution >= 4 is 5.91 Å². The first-order chi connectivity index (χ1) is 7.13. The topological polar surface area (TPSA) is 67.6 Å². The van der Waals surface area contributed by atoms with Crippen molar-refractivity contribution in [2.45, 2.75) is 18.9 Å². The van der Waals surface area contributed by atoms with Crippen LogP contribution in [0, 0.1) is 11.3 Å². The summed E-state index contributed by atoms with van der Waals surface area (Å²) in [5.41, 5.74) is 0. The molecule has 1 unspecified atom stereocenters. The summed E-state index contributed by atoms with van der Waals surface area (Å²) in [4.78, 5) is 14.7. The number of β-amino-alcohol motifs (C(OH)–C–C–N with tert-alkyl or cyclic N) is 1. The third-order valence-corrected chi connectivity index (χ3v) is 2.47. The molecule has 84 valence electrons. The molecular weight excluding hydrogens is 194 g/mol. The zero-order valence-electron chi connectivity index (χ0n) is 9.02. The number of carbonyl (C=O) groups is 1. The van der Waals surface area contributed by atoms with E-state index in [0.29, 0.717) is 26.1 Å². The van der Waals surface area contributed by atoms with Gasteiger partial charge in [-0.3, -0.25) is 9.69 Å². The molecule has 1 heterocycles. The first-order valence-corrected chi connectivity index (χ1v) is 5.15. The molecule has 1 amide bonds. The highest BCUT2D eigenvalue weighted by Gasteiger charge is 2.22. The summed E-state index contributed by atoms with van der Waals surface area (Å²) in [7, 11) is 1.78. The van der Waals surface area contributed by atoms with E-state index in [4.69, 9.17) is 5.26 Å². The van der Waals surface area contributed by atoms with Crippen molar-refractivity contribution in [3.63, 3.8) is 0 Å². The van der Waals surface area contributed by atoms with E-state index >= 15 is 0 Å². The van der Waals surface area contributed by atoms with Gasteiger partial charge in [0.15, 0.2) is 0 Å². The number of nitrogens with zero attached hydrogens (tertiary/aromatic N) is 3. The smallest absolute Gasteiger partial charge is 0.222 e. The number of aliphatic hydroxyl groups excluding tert-OH is 1. The molecule has 5 nitrogen and oxygen atoms in total. The van der Waals surface area contributed by atoms with E-state index in [1.165, 1.54) is 0 Å². The van der Waals surface area contributed by atoms with Gasteiger partial charge in [0, 0.05) is 26.1 Å². The maximum Gasteiger partial charge on any atom is 0.222 e. The molecule has 1 rings (SSSR count). The van der Waals surface area contributed by atoms with E-state index in [1.807, 2.05) is 6.07 Å². The zero-order valence-corrected chi connectivity index (χ0v) is 9.02. The Morgan fingerprint density at radius 2 is 2.47 bits per heavy atom. The van der Waals surface area contributed by atoms with Crippen LogP contribution >= 0.6 is 0 Å². The number of hydrogen-bond acceptors (Lipinski definition) is 4. The second-order valence-electron chi connectivity index (χ2n) is 3.95. The molecule has 0 aromatic rings. The van der Waals surface area contributed by atoms with Crippen LogP contribution in [-0.4, -0.2) is 60.1 Å². The fourth-order valence-corrected chi connectivity index (χ4v) is 1.75. The minimum atomic E-state index is -0.564. The number of nitriles is 1. The van der Waals surface area contributed by atoms with Crippen molar-refractivity contribution in [2.24, 2.45) is 0 Å². The maximum absolute atomic E-state index is 11.3.